The number of carbonyl (C=O) groups is 1. The lowest BCUT2D eigenvalue weighted by molar-refractivity contribution is 0.0792. The molecule has 0 unspecified atom stereocenters. The van der Waals surface area contributed by atoms with Crippen molar-refractivity contribution in [1.82, 2.24) is 20.1 Å². The summed E-state index contributed by atoms with van der Waals surface area (Å²) in [6.45, 7) is 0.582. The van der Waals surface area contributed by atoms with Gasteiger partial charge < -0.3 is 15.2 Å². The van der Waals surface area contributed by atoms with Crippen molar-refractivity contribution in [2.45, 2.75) is 18.6 Å². The summed E-state index contributed by atoms with van der Waals surface area (Å²) in [7, 11) is 1.84. The number of nitrogens with zero attached hydrogens (tertiary/aromatic N) is 3. The van der Waals surface area contributed by atoms with Crippen molar-refractivity contribution in [1.29, 1.82) is 0 Å². The second-order valence-electron chi connectivity index (χ2n) is 4.97. The Morgan fingerprint density at radius 3 is 3.10 bits per heavy atom. The van der Waals surface area contributed by atoms with Crippen molar-refractivity contribution >= 4 is 5.91 Å². The molecule has 0 bridgehead atoms. The van der Waals surface area contributed by atoms with Crippen LogP contribution in [-0.4, -0.2) is 38.4 Å². The number of aromatic hydroxyl groups is 1. The Hall–Kier alpha value is -2.41. The van der Waals surface area contributed by atoms with E-state index >= 15 is 0 Å². The standard InChI is InChI=1S/C14H16N4O3/c1-18-12(2-4-16-18)13-11(3-5-21-13)17-14(20)9-6-10(19)8-15-7-9/h2,4,6-8,11,13,19H,3,5H2,1H3,(H,17,20)/t11-,13-/m0/s1. The second kappa shape index (κ2) is 5.53. The van der Waals surface area contributed by atoms with Crippen LogP contribution in [0, 0.1) is 0 Å². The molecule has 1 aliphatic heterocycles. The van der Waals surface area contributed by atoms with Crippen LogP contribution < -0.4 is 5.32 Å². The predicted molar refractivity (Wildman–Crippen MR) is 73.7 cm³/mol. The number of hydrogen-bond acceptors (Lipinski definition) is 5. The molecule has 0 radical (unpaired) electrons. The molecule has 7 nitrogen and oxygen atoms in total. The molecule has 0 aliphatic carbocycles. The van der Waals surface area contributed by atoms with Crippen LogP contribution in [0.4, 0.5) is 0 Å². The van der Waals surface area contributed by atoms with Gasteiger partial charge in [0.15, 0.2) is 0 Å². The summed E-state index contributed by atoms with van der Waals surface area (Å²) < 4.78 is 7.45. The first kappa shape index (κ1) is 13.6. The van der Waals surface area contributed by atoms with E-state index in [2.05, 4.69) is 15.4 Å². The number of nitrogens with one attached hydrogen (secondary N) is 1. The van der Waals surface area contributed by atoms with E-state index in [0.29, 0.717) is 12.2 Å². The average Bonchev–Trinajstić information content (AvgIpc) is 3.07. The topological polar surface area (TPSA) is 89.3 Å². The van der Waals surface area contributed by atoms with Gasteiger partial charge in [-0.25, -0.2) is 0 Å². The van der Waals surface area contributed by atoms with E-state index in [0.717, 1.165) is 12.1 Å². The molecule has 2 N–H and O–H groups in total. The molecule has 0 saturated carbocycles. The normalized spacial score (nSPS) is 21.4. The van der Waals surface area contributed by atoms with Gasteiger partial charge in [-0.2, -0.15) is 5.10 Å². The minimum Gasteiger partial charge on any atom is -0.506 e. The molecule has 1 amide bonds. The van der Waals surface area contributed by atoms with Crippen LogP contribution in [0.1, 0.15) is 28.6 Å². The molecule has 7 heteroatoms. The lowest BCUT2D eigenvalue weighted by atomic mass is 10.1. The molecule has 3 heterocycles. The van der Waals surface area contributed by atoms with Gasteiger partial charge in [0.2, 0.25) is 0 Å². The lowest BCUT2D eigenvalue weighted by Crippen LogP contribution is -2.37. The molecule has 110 valence electrons. The Kier molecular flexibility index (Phi) is 3.57. The Bertz CT molecular complexity index is 655. The van der Waals surface area contributed by atoms with E-state index in [4.69, 9.17) is 4.74 Å². The first-order chi connectivity index (χ1) is 10.1. The van der Waals surface area contributed by atoms with E-state index in [1.807, 2.05) is 13.1 Å². The Morgan fingerprint density at radius 1 is 1.52 bits per heavy atom. The van der Waals surface area contributed by atoms with Crippen molar-refractivity contribution < 1.29 is 14.6 Å². The van der Waals surface area contributed by atoms with Crippen molar-refractivity contribution in [3.63, 3.8) is 0 Å². The zero-order valence-corrected chi connectivity index (χ0v) is 11.6. The number of amides is 1. The second-order valence-corrected chi connectivity index (χ2v) is 4.97. The van der Waals surface area contributed by atoms with Crippen LogP contribution in [0.15, 0.2) is 30.7 Å². The Morgan fingerprint density at radius 2 is 2.38 bits per heavy atom. The minimum absolute atomic E-state index is 0.0338. The maximum absolute atomic E-state index is 12.2. The number of rotatable bonds is 3. The molecule has 1 aliphatic rings. The minimum atomic E-state index is -0.277. The van der Waals surface area contributed by atoms with E-state index in [-0.39, 0.29) is 23.8 Å². The summed E-state index contributed by atoms with van der Waals surface area (Å²) in [6.07, 6.45) is 4.92. The highest BCUT2D eigenvalue weighted by Crippen LogP contribution is 2.28. The van der Waals surface area contributed by atoms with E-state index in [1.165, 1.54) is 18.5 Å². The first-order valence-corrected chi connectivity index (χ1v) is 6.69. The van der Waals surface area contributed by atoms with Gasteiger partial charge in [-0.3, -0.25) is 14.5 Å². The number of hydrogen-bond donors (Lipinski definition) is 2. The SMILES string of the molecule is Cn1nccc1[C@H]1OCC[C@@H]1NC(=O)c1cncc(O)c1. The van der Waals surface area contributed by atoms with Gasteiger partial charge in [-0.05, 0) is 18.6 Å². The van der Waals surface area contributed by atoms with Crippen LogP contribution >= 0.6 is 0 Å². The molecule has 2 aromatic rings. The van der Waals surface area contributed by atoms with Gasteiger partial charge >= 0.3 is 0 Å². The highest BCUT2D eigenvalue weighted by Gasteiger charge is 2.33. The van der Waals surface area contributed by atoms with Gasteiger partial charge in [-0.1, -0.05) is 0 Å². The molecule has 1 fully saturated rings. The maximum atomic E-state index is 12.2. The molecule has 21 heavy (non-hydrogen) atoms. The highest BCUT2D eigenvalue weighted by molar-refractivity contribution is 5.94. The largest absolute Gasteiger partial charge is 0.506 e. The fourth-order valence-corrected chi connectivity index (χ4v) is 2.50. The van der Waals surface area contributed by atoms with Gasteiger partial charge in [0.05, 0.1) is 23.5 Å². The van der Waals surface area contributed by atoms with Crippen molar-refractivity contribution in [2.75, 3.05) is 6.61 Å². The molecule has 3 rings (SSSR count). The van der Waals surface area contributed by atoms with Crippen LogP contribution in [-0.2, 0) is 11.8 Å². The summed E-state index contributed by atoms with van der Waals surface area (Å²) in [5.74, 6) is -0.311. The summed E-state index contributed by atoms with van der Waals surface area (Å²) in [6, 6.07) is 3.14. The molecular weight excluding hydrogens is 272 g/mol. The fourth-order valence-electron chi connectivity index (χ4n) is 2.50. The summed E-state index contributed by atoms with van der Waals surface area (Å²) >= 11 is 0. The molecule has 2 aromatic heterocycles. The van der Waals surface area contributed by atoms with E-state index < -0.39 is 0 Å². The van der Waals surface area contributed by atoms with Crippen LogP contribution in [0.3, 0.4) is 0 Å². The van der Waals surface area contributed by atoms with Crippen LogP contribution in [0.25, 0.3) is 0 Å². The lowest BCUT2D eigenvalue weighted by Gasteiger charge is -2.20. The quantitative estimate of drug-likeness (QED) is 0.871. The third-order valence-electron chi connectivity index (χ3n) is 3.54. The third-order valence-corrected chi connectivity index (χ3v) is 3.54. The van der Waals surface area contributed by atoms with Gasteiger partial charge in [0, 0.05) is 26.0 Å². The number of pyridine rings is 1. The predicted octanol–water partition coefficient (Wildman–Crippen LogP) is 0.781. The molecule has 1 saturated heterocycles. The zero-order valence-electron chi connectivity index (χ0n) is 11.6. The Labute approximate surface area is 121 Å². The summed E-state index contributed by atoms with van der Waals surface area (Å²) in [5, 5.41) is 16.4. The van der Waals surface area contributed by atoms with E-state index in [9.17, 15) is 9.90 Å². The third kappa shape index (κ3) is 2.73. The number of ether oxygens (including phenoxy) is 1. The van der Waals surface area contributed by atoms with Gasteiger partial charge in [-0.15, -0.1) is 0 Å². The maximum Gasteiger partial charge on any atom is 0.253 e. The number of carbonyl (C=O) groups excluding carboxylic acids is 1. The fraction of sp³-hybridized carbons (Fsp3) is 0.357. The summed E-state index contributed by atoms with van der Waals surface area (Å²) in [5.41, 5.74) is 1.25. The zero-order chi connectivity index (χ0) is 14.8. The van der Waals surface area contributed by atoms with E-state index in [1.54, 1.807) is 10.9 Å². The number of aromatic nitrogens is 3. The molecule has 2 atom stereocenters. The van der Waals surface area contributed by atoms with Crippen molar-refractivity contribution in [3.8, 4) is 5.75 Å². The van der Waals surface area contributed by atoms with Crippen molar-refractivity contribution in [2.24, 2.45) is 7.05 Å². The highest BCUT2D eigenvalue weighted by atomic mass is 16.5. The van der Waals surface area contributed by atoms with Crippen LogP contribution in [0.5, 0.6) is 5.75 Å². The van der Waals surface area contributed by atoms with Crippen LogP contribution in [0.2, 0.25) is 0 Å². The number of aryl methyl sites for hydroxylation is 1. The van der Waals surface area contributed by atoms with Gasteiger partial charge in [0.25, 0.3) is 5.91 Å². The molecule has 0 aromatic carbocycles. The smallest absolute Gasteiger partial charge is 0.253 e. The summed E-state index contributed by atoms with van der Waals surface area (Å²) in [4.78, 5) is 16.0. The molecular formula is C14H16N4O3. The average molecular weight is 288 g/mol. The first-order valence-electron chi connectivity index (χ1n) is 6.69. The monoisotopic (exact) mass is 288 g/mol. The van der Waals surface area contributed by atoms with Crippen molar-refractivity contribution in [3.05, 3.63) is 42.0 Å². The molecule has 0 spiro atoms. The van der Waals surface area contributed by atoms with Gasteiger partial charge in [0.1, 0.15) is 11.9 Å². The Balaban J connectivity index is 1.75.